The minimum Gasteiger partial charge on any atom is -0.208 e. The highest BCUT2D eigenvalue weighted by Gasteiger charge is 2.16. The van der Waals surface area contributed by atoms with E-state index in [2.05, 4.69) is 102 Å². The van der Waals surface area contributed by atoms with Crippen molar-refractivity contribution in [2.75, 3.05) is 0 Å². The van der Waals surface area contributed by atoms with E-state index in [-0.39, 0.29) is 23.5 Å². The number of rotatable bonds is 4. The number of thiophene rings is 1. The van der Waals surface area contributed by atoms with Crippen LogP contribution in [0.4, 0.5) is 0 Å². The third kappa shape index (κ3) is 4.61. The van der Waals surface area contributed by atoms with E-state index in [0.29, 0.717) is 11.6 Å². The molecule has 8 aromatic carbocycles. The first-order valence-corrected chi connectivity index (χ1v) is 16.9. The summed E-state index contributed by atoms with van der Waals surface area (Å²) in [7, 11) is 0. The van der Waals surface area contributed by atoms with E-state index in [1.807, 2.05) is 36.4 Å². The first-order chi connectivity index (χ1) is 26.4. The summed E-state index contributed by atoms with van der Waals surface area (Å²) in [5.41, 5.74) is 3.69. The van der Waals surface area contributed by atoms with Gasteiger partial charge in [0, 0.05) is 36.9 Å². The Bertz CT molecular complexity index is 3120. The van der Waals surface area contributed by atoms with Gasteiger partial charge in [0.2, 0.25) is 0 Å². The molecule has 0 N–H and O–H groups in total. The molecule has 0 saturated carbocycles. The highest BCUT2D eigenvalue weighted by atomic mass is 32.1. The van der Waals surface area contributed by atoms with E-state index >= 15 is 0 Å². The van der Waals surface area contributed by atoms with Gasteiger partial charge >= 0.3 is 0 Å². The monoisotopic (exact) mass is 646 g/mol. The molecule has 4 heteroatoms. The maximum atomic E-state index is 8.64. The molecule has 0 spiro atoms. The molecule has 3 nitrogen and oxygen atoms in total. The Labute approximate surface area is 293 Å². The topological polar surface area (TPSA) is 38.7 Å². The summed E-state index contributed by atoms with van der Waals surface area (Å²) in [6.45, 7) is 0. The summed E-state index contributed by atoms with van der Waals surface area (Å²) < 4.78 is 44.2. The van der Waals surface area contributed by atoms with Crippen molar-refractivity contribution >= 4 is 63.8 Å². The Morgan fingerprint density at radius 2 is 0.939 bits per heavy atom. The van der Waals surface area contributed by atoms with E-state index in [0.717, 1.165) is 37.7 Å². The van der Waals surface area contributed by atoms with Crippen molar-refractivity contribution in [3.8, 4) is 45.3 Å². The minimum atomic E-state index is -0.467. The normalized spacial score (nSPS) is 13.1. The number of fused-ring (bicyclic) bond motifs is 9. The van der Waals surface area contributed by atoms with Crippen molar-refractivity contribution < 1.29 is 6.85 Å². The fourth-order valence-corrected chi connectivity index (χ4v) is 8.15. The molecule has 2 aromatic heterocycles. The number of aromatic nitrogens is 3. The molecule has 0 unspecified atom stereocenters. The molecule has 0 aliphatic heterocycles. The highest BCUT2D eigenvalue weighted by Crippen LogP contribution is 2.43. The quantitative estimate of drug-likeness (QED) is 0.179. The second-order valence-electron chi connectivity index (χ2n) is 12.0. The van der Waals surface area contributed by atoms with E-state index in [1.165, 1.54) is 37.0 Å². The van der Waals surface area contributed by atoms with Crippen LogP contribution in [-0.4, -0.2) is 15.0 Å². The van der Waals surface area contributed by atoms with Crippen LogP contribution in [0.5, 0.6) is 0 Å². The molecule has 10 rings (SSSR count). The molecule has 0 atom stereocenters. The lowest BCUT2D eigenvalue weighted by atomic mass is 9.92. The molecule has 0 amide bonds. The average Bonchev–Trinajstić information content (AvgIpc) is 3.61. The van der Waals surface area contributed by atoms with Gasteiger partial charge < -0.3 is 0 Å². The van der Waals surface area contributed by atoms with Crippen LogP contribution in [0.1, 0.15) is 6.85 Å². The van der Waals surface area contributed by atoms with Crippen LogP contribution in [0.3, 0.4) is 0 Å². The van der Waals surface area contributed by atoms with Gasteiger partial charge in [0.15, 0.2) is 17.5 Å². The fourth-order valence-electron chi connectivity index (χ4n) is 6.94. The number of hydrogen-bond acceptors (Lipinski definition) is 4. The third-order valence-corrected chi connectivity index (χ3v) is 10.4. The maximum absolute atomic E-state index is 8.64. The molecule has 0 fully saturated rings. The van der Waals surface area contributed by atoms with E-state index < -0.39 is 18.1 Å². The van der Waals surface area contributed by atoms with Gasteiger partial charge in [0.25, 0.3) is 0 Å². The van der Waals surface area contributed by atoms with Crippen LogP contribution < -0.4 is 0 Å². The van der Waals surface area contributed by atoms with Gasteiger partial charge in [-0.1, -0.05) is 139 Å². The van der Waals surface area contributed by atoms with Gasteiger partial charge in [-0.15, -0.1) is 11.3 Å². The predicted octanol–water partition coefficient (Wildman–Crippen LogP) is 12.4. The third-order valence-electron chi connectivity index (χ3n) is 9.20. The Kier molecular flexibility index (Phi) is 5.29. The molecular formula is C45H27N3S. The van der Waals surface area contributed by atoms with Crippen molar-refractivity contribution in [2.45, 2.75) is 0 Å². The molecule has 0 saturated heterocycles. The lowest BCUT2D eigenvalue weighted by molar-refractivity contribution is 1.07. The summed E-state index contributed by atoms with van der Waals surface area (Å²) >= 11 is 1.74. The largest absolute Gasteiger partial charge is 0.208 e. The summed E-state index contributed by atoms with van der Waals surface area (Å²) in [5.74, 6) is 0.707. The maximum Gasteiger partial charge on any atom is 0.164 e. The predicted molar refractivity (Wildman–Crippen MR) is 207 cm³/mol. The fraction of sp³-hybridized carbons (Fsp3) is 0. The standard InChI is InChI=1S/C45H27N3S/c1-3-12-28(13-4-1)43-46-44(29-14-5-2-6-15-29)48-45(47-43)31-23-25-41-40(27-31)38-21-11-20-32(42(38)49-41)30-22-24-37-35-18-8-7-16-33(35)34-17-9-10-19-36(34)39(37)26-30/h1-27H/i1D,3D,4D,12D,13D. The van der Waals surface area contributed by atoms with Crippen molar-refractivity contribution in [1.29, 1.82) is 0 Å². The van der Waals surface area contributed by atoms with Crippen LogP contribution in [0, 0.1) is 0 Å². The van der Waals surface area contributed by atoms with Gasteiger partial charge in [-0.25, -0.2) is 15.0 Å². The average molecular weight is 647 g/mol. The van der Waals surface area contributed by atoms with E-state index in [4.69, 9.17) is 16.8 Å². The summed E-state index contributed by atoms with van der Waals surface area (Å²) in [6, 6.07) is 43.9. The van der Waals surface area contributed by atoms with Gasteiger partial charge in [-0.05, 0) is 67.7 Å². The van der Waals surface area contributed by atoms with Gasteiger partial charge in [-0.2, -0.15) is 0 Å². The van der Waals surface area contributed by atoms with Crippen LogP contribution in [0.25, 0.3) is 97.8 Å². The zero-order chi connectivity index (χ0) is 36.7. The minimum absolute atomic E-state index is 0.0185. The van der Waals surface area contributed by atoms with Crippen LogP contribution >= 0.6 is 11.3 Å². The summed E-state index contributed by atoms with van der Waals surface area (Å²) in [6.07, 6.45) is 0. The molecule has 49 heavy (non-hydrogen) atoms. The molecule has 2 heterocycles. The first-order valence-electron chi connectivity index (χ1n) is 18.5. The van der Waals surface area contributed by atoms with Crippen LogP contribution in [-0.2, 0) is 0 Å². The van der Waals surface area contributed by atoms with Gasteiger partial charge in [0.1, 0.15) is 0 Å². The van der Waals surface area contributed by atoms with E-state index in [9.17, 15) is 0 Å². The molecule has 0 aliphatic rings. The lowest BCUT2D eigenvalue weighted by Crippen LogP contribution is -2.00. The van der Waals surface area contributed by atoms with Crippen molar-refractivity contribution in [1.82, 2.24) is 15.0 Å². The van der Waals surface area contributed by atoms with E-state index in [1.54, 1.807) is 11.3 Å². The summed E-state index contributed by atoms with van der Waals surface area (Å²) in [4.78, 5) is 14.3. The smallest absolute Gasteiger partial charge is 0.164 e. The number of nitrogens with zero attached hydrogens (tertiary/aromatic N) is 3. The molecule has 228 valence electrons. The highest BCUT2D eigenvalue weighted by molar-refractivity contribution is 7.26. The summed E-state index contributed by atoms with van der Waals surface area (Å²) in [5, 5.41) is 9.60. The zero-order valence-corrected chi connectivity index (χ0v) is 26.8. The zero-order valence-electron chi connectivity index (χ0n) is 31.0. The second kappa shape index (κ2) is 11.2. The second-order valence-corrected chi connectivity index (χ2v) is 13.1. The Morgan fingerprint density at radius 1 is 0.388 bits per heavy atom. The van der Waals surface area contributed by atoms with Crippen molar-refractivity contribution in [2.24, 2.45) is 0 Å². The Hall–Kier alpha value is -6.23. The molecule has 0 aliphatic carbocycles. The number of hydrogen-bond donors (Lipinski definition) is 0. The van der Waals surface area contributed by atoms with Gasteiger partial charge in [0.05, 0.1) is 6.85 Å². The Morgan fingerprint density at radius 3 is 1.65 bits per heavy atom. The molecular weight excluding hydrogens is 615 g/mol. The number of benzene rings is 8. The van der Waals surface area contributed by atoms with Crippen LogP contribution in [0.15, 0.2) is 164 Å². The molecule has 0 bridgehead atoms. The molecule has 10 aromatic rings. The van der Waals surface area contributed by atoms with Gasteiger partial charge in [-0.3, -0.25) is 0 Å². The SMILES string of the molecule is [2H]c1c([2H])c([2H])c(-c2nc(-c3ccccc3)nc(-c3ccc4sc5c(-c6ccc7c8ccccc8c8ccccc8c7c6)cccc5c4c3)n2)c([2H])c1[2H]. The lowest BCUT2D eigenvalue weighted by Gasteiger charge is -2.12. The first kappa shape index (κ1) is 23.2. The molecule has 0 radical (unpaired) electrons. The Balaban J connectivity index is 1.15. The van der Waals surface area contributed by atoms with Crippen molar-refractivity contribution in [3.05, 3.63) is 164 Å². The van der Waals surface area contributed by atoms with Crippen LogP contribution in [0.2, 0.25) is 0 Å². The van der Waals surface area contributed by atoms with Crippen molar-refractivity contribution in [3.63, 3.8) is 0 Å².